The van der Waals surface area contributed by atoms with Crippen molar-refractivity contribution in [2.75, 3.05) is 6.16 Å². The van der Waals surface area contributed by atoms with Gasteiger partial charge in [0, 0.05) is 5.66 Å². The van der Waals surface area contributed by atoms with Gasteiger partial charge in [0.1, 0.15) is 0 Å². The Kier molecular flexibility index (Phi) is 3.25. The third kappa shape index (κ3) is 2.28. The van der Waals surface area contributed by atoms with Crippen LogP contribution in [0.5, 0.6) is 0 Å². The smallest absolute Gasteiger partial charge is 0.00820 e. The van der Waals surface area contributed by atoms with E-state index in [-0.39, 0.29) is 7.92 Å². The zero-order chi connectivity index (χ0) is 11.5. The lowest BCUT2D eigenvalue weighted by atomic mass is 10.1. The van der Waals surface area contributed by atoms with Crippen molar-refractivity contribution >= 4 is 13.2 Å². The first-order valence-corrected chi connectivity index (χ1v) is 7.91. The van der Waals surface area contributed by atoms with E-state index in [0.29, 0.717) is 0 Å². The zero-order valence-electron chi connectivity index (χ0n) is 9.92. The standard InChI is InChI=1S/C16H17P/c1-3-8-14(9-4-1)16-12-7-13-17(16)15-10-5-2-6-11-15/h1-6,8-11,16H,7,12-13H2/t16?,17-/m0/s1. The minimum Gasteiger partial charge on any atom is -0.0677 e. The molecule has 0 bridgehead atoms. The summed E-state index contributed by atoms with van der Waals surface area (Å²) >= 11 is 0. The SMILES string of the molecule is c1ccc(C2CCC[P@@]2c2ccccc2)cc1. The molecule has 0 aliphatic carbocycles. The normalized spacial score (nSPS) is 23.8. The molecule has 0 spiro atoms. The summed E-state index contributed by atoms with van der Waals surface area (Å²) < 4.78 is 0. The van der Waals surface area contributed by atoms with E-state index in [9.17, 15) is 0 Å². The molecule has 2 aromatic rings. The average molecular weight is 240 g/mol. The van der Waals surface area contributed by atoms with Gasteiger partial charge in [0.2, 0.25) is 0 Å². The highest BCUT2D eigenvalue weighted by Gasteiger charge is 2.28. The van der Waals surface area contributed by atoms with E-state index in [1.54, 1.807) is 10.9 Å². The third-order valence-corrected chi connectivity index (χ3v) is 6.59. The molecule has 1 heteroatoms. The first-order chi connectivity index (χ1) is 8.45. The minimum absolute atomic E-state index is 0.0201. The van der Waals surface area contributed by atoms with Crippen LogP contribution < -0.4 is 5.30 Å². The Morgan fingerprint density at radius 1 is 0.824 bits per heavy atom. The van der Waals surface area contributed by atoms with Gasteiger partial charge >= 0.3 is 0 Å². The molecule has 0 radical (unpaired) electrons. The quantitative estimate of drug-likeness (QED) is 0.685. The van der Waals surface area contributed by atoms with Crippen molar-refractivity contribution in [3.05, 3.63) is 66.2 Å². The lowest BCUT2D eigenvalue weighted by molar-refractivity contribution is 0.827. The van der Waals surface area contributed by atoms with Gasteiger partial charge in [-0.05, 0) is 29.9 Å². The second-order valence-corrected chi connectivity index (χ2v) is 7.12. The zero-order valence-corrected chi connectivity index (χ0v) is 10.8. The van der Waals surface area contributed by atoms with E-state index in [1.807, 2.05) is 0 Å². The fourth-order valence-corrected chi connectivity index (χ4v) is 5.75. The summed E-state index contributed by atoms with van der Waals surface area (Å²) in [6, 6.07) is 22.2. The molecule has 0 aromatic heterocycles. The van der Waals surface area contributed by atoms with Gasteiger partial charge in [-0.1, -0.05) is 68.6 Å². The van der Waals surface area contributed by atoms with Crippen LogP contribution in [-0.2, 0) is 0 Å². The van der Waals surface area contributed by atoms with Gasteiger partial charge in [0.15, 0.2) is 0 Å². The van der Waals surface area contributed by atoms with Crippen molar-refractivity contribution in [3.8, 4) is 0 Å². The molecule has 2 atom stereocenters. The van der Waals surface area contributed by atoms with E-state index in [0.717, 1.165) is 5.66 Å². The molecule has 1 saturated heterocycles. The fourth-order valence-electron chi connectivity index (χ4n) is 2.72. The van der Waals surface area contributed by atoms with Crippen LogP contribution in [0.25, 0.3) is 0 Å². The molecule has 3 rings (SSSR count). The summed E-state index contributed by atoms with van der Waals surface area (Å²) in [6.07, 6.45) is 4.16. The van der Waals surface area contributed by atoms with Gasteiger partial charge in [0.05, 0.1) is 0 Å². The number of rotatable bonds is 2. The molecule has 17 heavy (non-hydrogen) atoms. The van der Waals surface area contributed by atoms with Crippen molar-refractivity contribution in [1.29, 1.82) is 0 Å². The van der Waals surface area contributed by atoms with E-state index in [1.165, 1.54) is 19.0 Å². The summed E-state index contributed by atoms with van der Waals surface area (Å²) in [4.78, 5) is 0. The second kappa shape index (κ2) is 5.02. The van der Waals surface area contributed by atoms with E-state index in [2.05, 4.69) is 60.7 Å². The summed E-state index contributed by atoms with van der Waals surface area (Å²) in [5.74, 6) is 0. The molecule has 0 saturated carbocycles. The highest BCUT2D eigenvalue weighted by molar-refractivity contribution is 7.66. The molecule has 1 heterocycles. The largest absolute Gasteiger partial charge is 0.0677 e. The van der Waals surface area contributed by atoms with Crippen LogP contribution in [0, 0.1) is 0 Å². The Morgan fingerprint density at radius 3 is 2.18 bits per heavy atom. The predicted octanol–water partition coefficient (Wildman–Crippen LogP) is 4.33. The maximum Gasteiger partial charge on any atom is 0.00820 e. The van der Waals surface area contributed by atoms with Crippen molar-refractivity contribution in [2.45, 2.75) is 18.5 Å². The first-order valence-electron chi connectivity index (χ1n) is 6.32. The Bertz CT molecular complexity index is 418. The van der Waals surface area contributed by atoms with Crippen LogP contribution in [0.15, 0.2) is 60.7 Å². The molecule has 0 N–H and O–H groups in total. The Labute approximate surface area is 104 Å². The van der Waals surface area contributed by atoms with Gasteiger partial charge in [-0.2, -0.15) is 0 Å². The monoisotopic (exact) mass is 240 g/mol. The summed E-state index contributed by atoms with van der Waals surface area (Å²) in [6.45, 7) is 0. The molecule has 0 amide bonds. The maximum absolute atomic E-state index is 2.31. The van der Waals surface area contributed by atoms with Gasteiger partial charge in [-0.25, -0.2) is 0 Å². The van der Waals surface area contributed by atoms with Crippen molar-refractivity contribution in [2.24, 2.45) is 0 Å². The van der Waals surface area contributed by atoms with Crippen LogP contribution >= 0.6 is 7.92 Å². The fraction of sp³-hybridized carbons (Fsp3) is 0.250. The number of hydrogen-bond acceptors (Lipinski definition) is 0. The Hall–Kier alpha value is -1.13. The minimum atomic E-state index is 0.0201. The van der Waals surface area contributed by atoms with E-state index in [4.69, 9.17) is 0 Å². The average Bonchev–Trinajstić information content (AvgIpc) is 2.90. The van der Waals surface area contributed by atoms with Gasteiger partial charge in [0.25, 0.3) is 0 Å². The second-order valence-electron chi connectivity index (χ2n) is 4.60. The Morgan fingerprint density at radius 2 is 1.47 bits per heavy atom. The summed E-state index contributed by atoms with van der Waals surface area (Å²) in [5, 5.41) is 1.58. The van der Waals surface area contributed by atoms with Crippen molar-refractivity contribution in [1.82, 2.24) is 0 Å². The van der Waals surface area contributed by atoms with Crippen LogP contribution in [0.3, 0.4) is 0 Å². The molecule has 2 aromatic carbocycles. The summed E-state index contributed by atoms with van der Waals surface area (Å²) in [7, 11) is 0.0201. The van der Waals surface area contributed by atoms with Gasteiger partial charge in [-0.15, -0.1) is 0 Å². The topological polar surface area (TPSA) is 0 Å². The lowest BCUT2D eigenvalue weighted by Crippen LogP contribution is -2.04. The van der Waals surface area contributed by atoms with Crippen LogP contribution in [0.4, 0.5) is 0 Å². The van der Waals surface area contributed by atoms with Crippen molar-refractivity contribution in [3.63, 3.8) is 0 Å². The molecule has 0 nitrogen and oxygen atoms in total. The maximum atomic E-state index is 2.31. The lowest BCUT2D eigenvalue weighted by Gasteiger charge is -2.21. The highest BCUT2D eigenvalue weighted by atomic mass is 31.1. The van der Waals surface area contributed by atoms with Crippen LogP contribution in [0.2, 0.25) is 0 Å². The Balaban J connectivity index is 1.91. The molecule has 1 aliphatic rings. The van der Waals surface area contributed by atoms with Crippen LogP contribution in [-0.4, -0.2) is 6.16 Å². The predicted molar refractivity (Wildman–Crippen MR) is 76.3 cm³/mol. The van der Waals surface area contributed by atoms with Crippen molar-refractivity contribution < 1.29 is 0 Å². The number of hydrogen-bond donors (Lipinski definition) is 0. The van der Waals surface area contributed by atoms with Crippen LogP contribution in [0.1, 0.15) is 24.1 Å². The molecule has 1 fully saturated rings. The van der Waals surface area contributed by atoms with E-state index < -0.39 is 0 Å². The highest BCUT2D eigenvalue weighted by Crippen LogP contribution is 2.58. The molecular formula is C16H17P. The van der Waals surface area contributed by atoms with Gasteiger partial charge < -0.3 is 0 Å². The summed E-state index contributed by atoms with van der Waals surface area (Å²) in [5.41, 5.74) is 2.33. The van der Waals surface area contributed by atoms with E-state index >= 15 is 0 Å². The third-order valence-electron chi connectivity index (χ3n) is 3.52. The number of benzene rings is 2. The molecule has 86 valence electrons. The molecule has 1 unspecified atom stereocenters. The van der Waals surface area contributed by atoms with Gasteiger partial charge in [-0.3, -0.25) is 0 Å². The molecule has 1 aliphatic heterocycles. The first kappa shape index (κ1) is 11.0. The molecular weight excluding hydrogens is 223 g/mol.